The molecule has 0 aliphatic heterocycles. The van der Waals surface area contributed by atoms with Gasteiger partial charge >= 0.3 is 10.3 Å². The summed E-state index contributed by atoms with van der Waals surface area (Å²) in [6, 6.07) is 2.43. The molecule has 9 nitrogen and oxygen atoms in total. The van der Waals surface area contributed by atoms with E-state index >= 15 is 0 Å². The highest BCUT2D eigenvalue weighted by atomic mass is 32.2. The van der Waals surface area contributed by atoms with Crippen LogP contribution in [0.5, 0.6) is 0 Å². The lowest BCUT2D eigenvalue weighted by Crippen LogP contribution is -2.43. The van der Waals surface area contributed by atoms with Gasteiger partial charge in [0.2, 0.25) is 0 Å². The van der Waals surface area contributed by atoms with E-state index in [1.165, 1.54) is 12.4 Å². The third-order valence-corrected chi connectivity index (χ3v) is 3.95. The van der Waals surface area contributed by atoms with Gasteiger partial charge in [-0.25, -0.2) is 5.14 Å². The number of carbonyl (C=O) groups excluding carboxylic acids is 1. The zero-order chi connectivity index (χ0) is 16.3. The lowest BCUT2D eigenvalue weighted by atomic mass is 10.1. The van der Waals surface area contributed by atoms with Crippen molar-refractivity contribution in [3.05, 3.63) is 30.1 Å². The molecule has 1 aliphatic carbocycles. The number of nitrogens with zero attached hydrogens (tertiary/aromatic N) is 1. The van der Waals surface area contributed by atoms with Crippen LogP contribution < -0.4 is 10.5 Å². The molecule has 0 bridgehead atoms. The fourth-order valence-corrected chi connectivity index (χ4v) is 2.73. The molecule has 22 heavy (non-hydrogen) atoms. The lowest BCUT2D eigenvalue weighted by Gasteiger charge is -2.18. The van der Waals surface area contributed by atoms with Crippen molar-refractivity contribution < 1.29 is 27.6 Å². The number of hydrogen-bond donors (Lipinski definition) is 4. The normalized spacial score (nSPS) is 28.5. The van der Waals surface area contributed by atoms with Gasteiger partial charge < -0.3 is 15.5 Å². The van der Waals surface area contributed by atoms with Crippen LogP contribution in [0.25, 0.3) is 0 Å². The number of nitrogens with two attached hydrogens (primary N) is 1. The highest BCUT2D eigenvalue weighted by Gasteiger charge is 2.42. The highest BCUT2D eigenvalue weighted by molar-refractivity contribution is 7.84. The number of carbonyl (C=O) groups is 1. The van der Waals surface area contributed by atoms with E-state index in [2.05, 4.69) is 14.5 Å². The first-order valence-electron chi connectivity index (χ1n) is 6.52. The monoisotopic (exact) mass is 331 g/mol. The summed E-state index contributed by atoms with van der Waals surface area (Å²) in [4.78, 5) is 15.8. The Morgan fingerprint density at radius 3 is 2.77 bits per heavy atom. The molecule has 0 radical (unpaired) electrons. The quantitative estimate of drug-likeness (QED) is 0.494. The fourth-order valence-electron chi connectivity index (χ4n) is 2.36. The second-order valence-electron chi connectivity index (χ2n) is 5.08. The number of amides is 1. The number of nitrogens with one attached hydrogen (secondary N) is 1. The van der Waals surface area contributed by atoms with Gasteiger partial charge in [-0.3, -0.25) is 14.0 Å². The summed E-state index contributed by atoms with van der Waals surface area (Å²) in [6.45, 7) is -0.365. The molecule has 1 fully saturated rings. The standard InChI is InChI=1S/C12H17N3O6S/c13-22(19,20)21-6-8-4-9(11(17)10(8)16)15-12(18)7-2-1-3-14-5-7/h1-3,5,8-11,16-17H,4,6H2,(H,15,18)(H2,13,19,20)/t8-,9-,10-,11+/m1/s1. The van der Waals surface area contributed by atoms with Crippen LogP contribution in [-0.4, -0.2) is 54.4 Å². The predicted molar refractivity (Wildman–Crippen MR) is 74.7 cm³/mol. The van der Waals surface area contributed by atoms with Crippen molar-refractivity contribution >= 4 is 16.2 Å². The maximum Gasteiger partial charge on any atom is 0.333 e. The first kappa shape index (κ1) is 16.8. The molecule has 10 heteroatoms. The molecule has 1 saturated carbocycles. The van der Waals surface area contributed by atoms with Crippen LogP contribution in [0.3, 0.4) is 0 Å². The van der Waals surface area contributed by atoms with Crippen molar-refractivity contribution in [1.82, 2.24) is 10.3 Å². The predicted octanol–water partition coefficient (Wildman–Crippen LogP) is -1.86. The van der Waals surface area contributed by atoms with E-state index in [0.717, 1.165) is 0 Å². The average Bonchev–Trinajstić information content (AvgIpc) is 2.73. The van der Waals surface area contributed by atoms with Crippen molar-refractivity contribution in [2.75, 3.05) is 6.61 Å². The van der Waals surface area contributed by atoms with E-state index < -0.39 is 40.4 Å². The summed E-state index contributed by atoms with van der Waals surface area (Å²) in [5.74, 6) is -1.11. The summed E-state index contributed by atoms with van der Waals surface area (Å²) >= 11 is 0. The van der Waals surface area contributed by atoms with Crippen molar-refractivity contribution in [2.45, 2.75) is 24.7 Å². The van der Waals surface area contributed by atoms with E-state index in [1.54, 1.807) is 12.1 Å². The van der Waals surface area contributed by atoms with Gasteiger partial charge in [0, 0.05) is 18.3 Å². The van der Waals surface area contributed by atoms with Gasteiger partial charge in [-0.05, 0) is 18.6 Å². The van der Waals surface area contributed by atoms with Crippen molar-refractivity contribution in [3.8, 4) is 0 Å². The number of aromatic nitrogens is 1. The van der Waals surface area contributed by atoms with Gasteiger partial charge in [0.15, 0.2) is 0 Å². The van der Waals surface area contributed by atoms with Gasteiger partial charge in [-0.1, -0.05) is 0 Å². The Balaban J connectivity index is 1.96. The van der Waals surface area contributed by atoms with E-state index in [4.69, 9.17) is 5.14 Å². The molecule has 1 amide bonds. The first-order chi connectivity index (χ1) is 10.3. The van der Waals surface area contributed by atoms with Crippen LogP contribution in [0.15, 0.2) is 24.5 Å². The average molecular weight is 331 g/mol. The Kier molecular flexibility index (Phi) is 5.08. The van der Waals surface area contributed by atoms with Crippen molar-refractivity contribution in [1.29, 1.82) is 0 Å². The molecule has 1 aromatic rings. The summed E-state index contributed by atoms with van der Waals surface area (Å²) in [5, 5.41) is 27.1. The van der Waals surface area contributed by atoms with Crippen molar-refractivity contribution in [3.63, 3.8) is 0 Å². The molecule has 1 aromatic heterocycles. The zero-order valence-corrected chi connectivity index (χ0v) is 12.3. The van der Waals surface area contributed by atoms with E-state index in [9.17, 15) is 23.4 Å². The van der Waals surface area contributed by atoms with Gasteiger partial charge in [-0.2, -0.15) is 8.42 Å². The van der Waals surface area contributed by atoms with E-state index in [1.807, 2.05) is 0 Å². The molecule has 0 saturated heterocycles. The molecule has 0 spiro atoms. The number of aliphatic hydroxyl groups is 2. The van der Waals surface area contributed by atoms with Crippen LogP contribution in [0, 0.1) is 5.92 Å². The molecule has 1 aliphatic rings. The second kappa shape index (κ2) is 6.67. The van der Waals surface area contributed by atoms with Crippen LogP contribution in [0.4, 0.5) is 0 Å². The Hall–Kier alpha value is -1.59. The summed E-state index contributed by atoms with van der Waals surface area (Å²) < 4.78 is 25.9. The zero-order valence-electron chi connectivity index (χ0n) is 11.5. The highest BCUT2D eigenvalue weighted by Crippen LogP contribution is 2.27. The molecule has 0 aromatic carbocycles. The van der Waals surface area contributed by atoms with Crippen LogP contribution in [0.1, 0.15) is 16.8 Å². The minimum atomic E-state index is -4.12. The summed E-state index contributed by atoms with van der Waals surface area (Å²) in [6.07, 6.45) is 0.597. The molecule has 4 atom stereocenters. The largest absolute Gasteiger partial charge is 0.390 e. The fraction of sp³-hybridized carbons (Fsp3) is 0.500. The Labute approximate surface area is 127 Å². The molecular formula is C12H17N3O6S. The van der Waals surface area contributed by atoms with Crippen LogP contribution in [0.2, 0.25) is 0 Å². The molecule has 5 N–H and O–H groups in total. The number of rotatable bonds is 5. The Morgan fingerprint density at radius 2 is 2.18 bits per heavy atom. The topological polar surface area (TPSA) is 152 Å². The maximum atomic E-state index is 12.0. The number of aliphatic hydroxyl groups excluding tert-OH is 2. The minimum Gasteiger partial charge on any atom is -0.390 e. The van der Waals surface area contributed by atoms with Crippen LogP contribution >= 0.6 is 0 Å². The second-order valence-corrected chi connectivity index (χ2v) is 6.30. The van der Waals surface area contributed by atoms with Gasteiger partial charge in [0.1, 0.15) is 6.10 Å². The third kappa shape index (κ3) is 4.21. The number of pyridine rings is 1. The SMILES string of the molecule is NS(=O)(=O)OC[C@H]1C[C@@H](NC(=O)c2cccnc2)[C@H](O)[C@@H]1O. The maximum absolute atomic E-state index is 12.0. The smallest absolute Gasteiger partial charge is 0.333 e. The molecule has 2 rings (SSSR count). The molecule has 0 unspecified atom stereocenters. The van der Waals surface area contributed by atoms with Crippen LogP contribution in [-0.2, 0) is 14.5 Å². The van der Waals surface area contributed by atoms with Crippen molar-refractivity contribution in [2.24, 2.45) is 11.1 Å². The lowest BCUT2D eigenvalue weighted by molar-refractivity contribution is 0.00307. The summed E-state index contributed by atoms with van der Waals surface area (Å²) in [5.41, 5.74) is 0.313. The van der Waals surface area contributed by atoms with Gasteiger partial charge in [0.25, 0.3) is 5.91 Å². The van der Waals surface area contributed by atoms with Gasteiger partial charge in [0.05, 0.1) is 24.3 Å². The summed E-state index contributed by atoms with van der Waals surface area (Å²) in [7, 11) is -4.12. The first-order valence-corrected chi connectivity index (χ1v) is 7.99. The number of hydrogen-bond acceptors (Lipinski definition) is 7. The minimum absolute atomic E-state index is 0.157. The Bertz CT molecular complexity index is 623. The molecule has 122 valence electrons. The van der Waals surface area contributed by atoms with Gasteiger partial charge in [-0.15, -0.1) is 0 Å². The van der Waals surface area contributed by atoms with E-state index in [-0.39, 0.29) is 13.0 Å². The third-order valence-electron chi connectivity index (χ3n) is 3.49. The molecular weight excluding hydrogens is 314 g/mol. The Morgan fingerprint density at radius 1 is 1.45 bits per heavy atom. The van der Waals surface area contributed by atoms with E-state index in [0.29, 0.717) is 5.56 Å². The molecule has 1 heterocycles.